The Bertz CT molecular complexity index is 100. The van der Waals surface area contributed by atoms with Crippen molar-refractivity contribution in [2.75, 3.05) is 6.61 Å². The predicted octanol–water partition coefficient (Wildman–Crippen LogP) is 1.17. The van der Waals surface area contributed by atoms with Crippen molar-refractivity contribution in [1.29, 1.82) is 0 Å². The van der Waals surface area contributed by atoms with Gasteiger partial charge in [-0.05, 0) is 18.8 Å². The third kappa shape index (κ3) is 2.27. The molecule has 0 spiro atoms. The van der Waals surface area contributed by atoms with Gasteiger partial charge in [0.2, 0.25) is 0 Å². The Labute approximate surface area is 62.9 Å². The van der Waals surface area contributed by atoms with Crippen LogP contribution in [0.2, 0.25) is 0 Å². The van der Waals surface area contributed by atoms with E-state index < -0.39 is 5.60 Å². The van der Waals surface area contributed by atoms with E-state index in [1.807, 2.05) is 20.8 Å². The van der Waals surface area contributed by atoms with Crippen LogP contribution < -0.4 is 0 Å². The highest BCUT2D eigenvalue weighted by atomic mass is 16.3. The zero-order chi connectivity index (χ0) is 8.41. The van der Waals surface area contributed by atoms with Crippen LogP contribution in [0.5, 0.6) is 0 Å². The molecule has 1 atom stereocenters. The Morgan fingerprint density at radius 1 is 1.10 bits per heavy atom. The van der Waals surface area contributed by atoms with Crippen LogP contribution in [0.25, 0.3) is 0 Å². The van der Waals surface area contributed by atoms with E-state index in [9.17, 15) is 5.11 Å². The van der Waals surface area contributed by atoms with Gasteiger partial charge < -0.3 is 10.2 Å². The highest BCUT2D eigenvalue weighted by molar-refractivity contribution is 4.85. The second-order valence-corrected chi connectivity index (χ2v) is 4.00. The summed E-state index contributed by atoms with van der Waals surface area (Å²) in [7, 11) is 0. The van der Waals surface area contributed by atoms with E-state index in [4.69, 9.17) is 5.11 Å². The number of aliphatic hydroxyl groups excluding tert-OH is 1. The molecular formula is C8H18O2. The molecule has 0 bridgehead atoms. The lowest BCUT2D eigenvalue weighted by Gasteiger charge is -2.36. The van der Waals surface area contributed by atoms with Gasteiger partial charge in [-0.25, -0.2) is 0 Å². The average Bonchev–Trinajstić information content (AvgIpc) is 1.61. The molecular weight excluding hydrogens is 128 g/mol. The highest BCUT2D eigenvalue weighted by Crippen LogP contribution is 2.32. The van der Waals surface area contributed by atoms with Gasteiger partial charge >= 0.3 is 0 Å². The van der Waals surface area contributed by atoms with Crippen molar-refractivity contribution in [2.24, 2.45) is 5.41 Å². The van der Waals surface area contributed by atoms with E-state index >= 15 is 0 Å². The van der Waals surface area contributed by atoms with Gasteiger partial charge in [0.15, 0.2) is 0 Å². The summed E-state index contributed by atoms with van der Waals surface area (Å²) in [5.41, 5.74) is -0.919. The summed E-state index contributed by atoms with van der Waals surface area (Å²) in [6.45, 7) is 7.68. The normalized spacial score (nSPS) is 18.6. The maximum absolute atomic E-state index is 9.69. The molecule has 0 amide bonds. The molecule has 0 saturated carbocycles. The molecule has 0 heterocycles. The maximum atomic E-state index is 9.69. The maximum Gasteiger partial charge on any atom is 0.0689 e. The van der Waals surface area contributed by atoms with Crippen LogP contribution in [0, 0.1) is 5.41 Å². The monoisotopic (exact) mass is 146 g/mol. The summed E-state index contributed by atoms with van der Waals surface area (Å²) in [5.74, 6) is 0. The van der Waals surface area contributed by atoms with E-state index in [1.54, 1.807) is 6.92 Å². The molecule has 0 fully saturated rings. The fourth-order valence-electron chi connectivity index (χ4n) is 0.593. The van der Waals surface area contributed by atoms with Crippen molar-refractivity contribution >= 4 is 0 Å². The molecule has 2 heteroatoms. The number of rotatable bonds is 2. The fraction of sp³-hybridized carbons (Fsp3) is 1.00. The van der Waals surface area contributed by atoms with Crippen LogP contribution in [-0.2, 0) is 0 Å². The Hall–Kier alpha value is -0.0800. The van der Waals surface area contributed by atoms with Crippen molar-refractivity contribution in [3.63, 3.8) is 0 Å². The smallest absolute Gasteiger partial charge is 0.0689 e. The lowest BCUT2D eigenvalue weighted by atomic mass is 9.76. The Kier molecular flexibility index (Phi) is 2.86. The fourth-order valence-corrected chi connectivity index (χ4v) is 0.593. The predicted molar refractivity (Wildman–Crippen MR) is 41.8 cm³/mol. The molecule has 0 aromatic rings. The van der Waals surface area contributed by atoms with Gasteiger partial charge in [-0.1, -0.05) is 20.8 Å². The number of aliphatic hydroxyl groups is 2. The molecule has 62 valence electrons. The van der Waals surface area contributed by atoms with E-state index in [0.29, 0.717) is 6.42 Å². The summed E-state index contributed by atoms with van der Waals surface area (Å²) in [6, 6.07) is 0. The summed E-state index contributed by atoms with van der Waals surface area (Å²) >= 11 is 0. The van der Waals surface area contributed by atoms with Gasteiger partial charge in [0.1, 0.15) is 0 Å². The molecule has 0 aliphatic carbocycles. The Morgan fingerprint density at radius 3 is 1.60 bits per heavy atom. The number of hydrogen-bond donors (Lipinski definition) is 2. The molecule has 0 aliphatic rings. The largest absolute Gasteiger partial charge is 0.396 e. The van der Waals surface area contributed by atoms with Crippen molar-refractivity contribution in [3.8, 4) is 0 Å². The zero-order valence-electron chi connectivity index (χ0n) is 7.31. The van der Waals surface area contributed by atoms with Gasteiger partial charge in [0.25, 0.3) is 0 Å². The SMILES string of the molecule is CC(C)(C)C(C)(O)CCO. The van der Waals surface area contributed by atoms with Crippen LogP contribution in [0.3, 0.4) is 0 Å². The van der Waals surface area contributed by atoms with Crippen LogP contribution in [0.15, 0.2) is 0 Å². The first kappa shape index (κ1) is 9.92. The van der Waals surface area contributed by atoms with Crippen LogP contribution in [-0.4, -0.2) is 22.4 Å². The molecule has 0 aliphatic heterocycles. The Morgan fingerprint density at radius 2 is 1.50 bits per heavy atom. The Balaban J connectivity index is 4.10. The van der Waals surface area contributed by atoms with Crippen molar-refractivity contribution in [3.05, 3.63) is 0 Å². The molecule has 1 unspecified atom stereocenters. The second kappa shape index (κ2) is 2.89. The molecule has 2 nitrogen and oxygen atoms in total. The van der Waals surface area contributed by atoms with Crippen molar-refractivity contribution in [2.45, 2.75) is 39.7 Å². The van der Waals surface area contributed by atoms with E-state index in [2.05, 4.69) is 0 Å². The first-order valence-corrected chi connectivity index (χ1v) is 3.64. The molecule has 0 radical (unpaired) electrons. The van der Waals surface area contributed by atoms with E-state index in [0.717, 1.165) is 0 Å². The van der Waals surface area contributed by atoms with Gasteiger partial charge in [0, 0.05) is 6.61 Å². The van der Waals surface area contributed by atoms with Crippen molar-refractivity contribution in [1.82, 2.24) is 0 Å². The first-order chi connectivity index (χ1) is 4.31. The third-order valence-corrected chi connectivity index (χ3v) is 2.21. The van der Waals surface area contributed by atoms with Gasteiger partial charge in [-0.15, -0.1) is 0 Å². The molecule has 0 aromatic heterocycles. The molecule has 0 rings (SSSR count). The zero-order valence-corrected chi connectivity index (χ0v) is 7.31. The third-order valence-electron chi connectivity index (χ3n) is 2.21. The van der Waals surface area contributed by atoms with Crippen LogP contribution in [0.4, 0.5) is 0 Å². The summed E-state index contributed by atoms with van der Waals surface area (Å²) in [4.78, 5) is 0. The minimum absolute atomic E-state index is 0.0459. The van der Waals surface area contributed by atoms with Crippen LogP contribution >= 0.6 is 0 Å². The summed E-state index contributed by atoms with van der Waals surface area (Å²) in [5, 5.41) is 18.3. The standard InChI is InChI=1S/C8H18O2/c1-7(2,3)8(4,10)5-6-9/h9-10H,5-6H2,1-4H3. The highest BCUT2D eigenvalue weighted by Gasteiger charge is 2.34. The topological polar surface area (TPSA) is 40.5 Å². The molecule has 10 heavy (non-hydrogen) atoms. The first-order valence-electron chi connectivity index (χ1n) is 3.64. The van der Waals surface area contributed by atoms with E-state index in [-0.39, 0.29) is 12.0 Å². The van der Waals surface area contributed by atoms with Crippen molar-refractivity contribution < 1.29 is 10.2 Å². The molecule has 0 saturated heterocycles. The van der Waals surface area contributed by atoms with Gasteiger partial charge in [0.05, 0.1) is 5.60 Å². The average molecular weight is 146 g/mol. The summed E-state index contributed by atoms with van der Waals surface area (Å²) < 4.78 is 0. The quantitative estimate of drug-likeness (QED) is 0.614. The van der Waals surface area contributed by atoms with E-state index in [1.165, 1.54) is 0 Å². The van der Waals surface area contributed by atoms with Crippen LogP contribution in [0.1, 0.15) is 34.1 Å². The minimum Gasteiger partial charge on any atom is -0.396 e. The second-order valence-electron chi connectivity index (χ2n) is 4.00. The summed E-state index contributed by atoms with van der Waals surface area (Å²) in [6.07, 6.45) is 0.441. The minimum atomic E-state index is -0.762. The number of hydrogen-bond acceptors (Lipinski definition) is 2. The molecule has 2 N–H and O–H groups in total. The van der Waals surface area contributed by atoms with Gasteiger partial charge in [-0.2, -0.15) is 0 Å². The lowest BCUT2D eigenvalue weighted by Crippen LogP contribution is -2.40. The lowest BCUT2D eigenvalue weighted by molar-refractivity contribution is -0.0574. The van der Waals surface area contributed by atoms with Gasteiger partial charge in [-0.3, -0.25) is 0 Å². The molecule has 0 aromatic carbocycles.